The number of nitrogens with zero attached hydrogens (tertiary/aromatic N) is 3. The largest absolute Gasteiger partial charge is 0.336 e. The van der Waals surface area contributed by atoms with Crippen LogP contribution in [-0.4, -0.2) is 46.8 Å². The molecule has 12 heteroatoms. The third-order valence-electron chi connectivity index (χ3n) is 8.52. The topological polar surface area (TPSA) is 152 Å². The number of amides is 2. The van der Waals surface area contributed by atoms with Crippen molar-refractivity contribution in [2.24, 2.45) is 10.8 Å². The van der Waals surface area contributed by atoms with E-state index in [2.05, 4.69) is 25.9 Å². The number of pyridine rings is 1. The zero-order valence-corrected chi connectivity index (χ0v) is 21.7. The third kappa shape index (κ3) is 4.20. The first-order chi connectivity index (χ1) is 17.4. The van der Waals surface area contributed by atoms with Crippen molar-refractivity contribution >= 4 is 39.0 Å². The number of hydrogen-bond donors (Lipinski definition) is 3. The second-order valence-electron chi connectivity index (χ2n) is 11.4. The van der Waals surface area contributed by atoms with E-state index in [0.29, 0.717) is 35.3 Å². The van der Waals surface area contributed by atoms with E-state index in [1.807, 2.05) is 6.92 Å². The fourth-order valence-electron chi connectivity index (χ4n) is 6.04. The fourth-order valence-corrected chi connectivity index (χ4v) is 7.46. The van der Waals surface area contributed by atoms with Crippen LogP contribution < -0.4 is 21.5 Å². The number of rotatable bonds is 6. The first kappa shape index (κ1) is 24.1. The van der Waals surface area contributed by atoms with E-state index >= 15 is 0 Å². The smallest absolute Gasteiger partial charge is 0.276 e. The maximum absolute atomic E-state index is 13.7. The van der Waals surface area contributed by atoms with Gasteiger partial charge < -0.3 is 16.0 Å². The van der Waals surface area contributed by atoms with Gasteiger partial charge in [0.25, 0.3) is 11.5 Å². The second kappa shape index (κ2) is 7.86. The monoisotopic (exact) mass is 526 g/mol. The summed E-state index contributed by atoms with van der Waals surface area (Å²) < 4.78 is 25.1. The second-order valence-corrected chi connectivity index (χ2v) is 13.6. The predicted octanol–water partition coefficient (Wildman–Crippen LogP) is 2.20. The maximum atomic E-state index is 13.7. The number of nitrogens with one attached hydrogen (secondary N) is 3. The van der Waals surface area contributed by atoms with Gasteiger partial charge in [0.05, 0.1) is 11.2 Å². The van der Waals surface area contributed by atoms with E-state index in [-0.39, 0.29) is 28.7 Å². The van der Waals surface area contributed by atoms with Crippen LogP contribution in [-0.2, 0) is 20.3 Å². The number of sulfone groups is 1. The number of aryl methyl sites for hydroxylation is 1. The molecule has 4 aliphatic rings. The molecule has 0 bridgehead atoms. The summed E-state index contributed by atoms with van der Waals surface area (Å²) in [6.07, 6.45) is 9.27. The van der Waals surface area contributed by atoms with E-state index in [9.17, 15) is 22.8 Å². The van der Waals surface area contributed by atoms with Gasteiger partial charge in [0.15, 0.2) is 0 Å². The molecular formula is C25H30N6O5S. The van der Waals surface area contributed by atoms with E-state index in [1.165, 1.54) is 25.2 Å². The van der Waals surface area contributed by atoms with Crippen molar-refractivity contribution in [2.45, 2.75) is 64.0 Å². The molecule has 37 heavy (non-hydrogen) atoms. The van der Waals surface area contributed by atoms with Gasteiger partial charge in [0.1, 0.15) is 44.8 Å². The van der Waals surface area contributed by atoms with Crippen LogP contribution in [0.15, 0.2) is 23.3 Å². The summed E-state index contributed by atoms with van der Waals surface area (Å²) in [4.78, 5) is 47.6. The van der Waals surface area contributed by atoms with Gasteiger partial charge in [-0.15, -0.1) is 0 Å². The van der Waals surface area contributed by atoms with Crippen LogP contribution in [0.5, 0.6) is 0 Å². The Kier molecular flexibility index (Phi) is 5.11. The van der Waals surface area contributed by atoms with Crippen LogP contribution >= 0.6 is 0 Å². The Labute approximate surface area is 214 Å². The number of aromatic nitrogens is 3. The molecular weight excluding hydrogens is 496 g/mol. The molecule has 11 nitrogen and oxygen atoms in total. The molecule has 3 N–H and O–H groups in total. The van der Waals surface area contributed by atoms with E-state index in [4.69, 9.17) is 0 Å². The quantitative estimate of drug-likeness (QED) is 0.518. The van der Waals surface area contributed by atoms with Crippen LogP contribution in [0.1, 0.15) is 67.4 Å². The SMILES string of the molecule is Cc1cc(Nc2cc(NC(=O)C3(CS(C)(=O)=O)CC3)ncn2)c(=O)n2c1C(=O)NC21CCC2(CC2)CC1. The van der Waals surface area contributed by atoms with E-state index in [1.54, 1.807) is 10.6 Å². The van der Waals surface area contributed by atoms with Gasteiger partial charge in [0, 0.05) is 12.3 Å². The summed E-state index contributed by atoms with van der Waals surface area (Å²) in [5.41, 5.74) is -0.177. The highest BCUT2D eigenvalue weighted by Gasteiger charge is 2.54. The molecule has 0 unspecified atom stereocenters. The first-order valence-corrected chi connectivity index (χ1v) is 14.7. The zero-order chi connectivity index (χ0) is 26.2. The Morgan fingerprint density at radius 1 is 1.03 bits per heavy atom. The molecule has 2 amide bonds. The van der Waals surface area contributed by atoms with Gasteiger partial charge in [-0.2, -0.15) is 0 Å². The highest BCUT2D eigenvalue weighted by atomic mass is 32.2. The summed E-state index contributed by atoms with van der Waals surface area (Å²) in [6, 6.07) is 3.14. The highest BCUT2D eigenvalue weighted by Crippen LogP contribution is 2.59. The summed E-state index contributed by atoms with van der Waals surface area (Å²) >= 11 is 0. The summed E-state index contributed by atoms with van der Waals surface area (Å²) in [7, 11) is -3.31. The van der Waals surface area contributed by atoms with Crippen molar-refractivity contribution in [1.29, 1.82) is 0 Å². The Morgan fingerprint density at radius 3 is 2.30 bits per heavy atom. The number of hydrogen-bond acceptors (Lipinski definition) is 8. The van der Waals surface area contributed by atoms with Gasteiger partial charge in [-0.05, 0) is 75.3 Å². The molecule has 2 spiro atoms. The first-order valence-electron chi connectivity index (χ1n) is 12.6. The lowest BCUT2D eigenvalue weighted by Gasteiger charge is -2.39. The molecule has 3 aliphatic carbocycles. The molecule has 3 heterocycles. The molecule has 2 aromatic rings. The van der Waals surface area contributed by atoms with Gasteiger partial charge in [-0.3, -0.25) is 19.0 Å². The van der Waals surface area contributed by atoms with Crippen molar-refractivity contribution in [1.82, 2.24) is 19.9 Å². The molecule has 0 radical (unpaired) electrons. The normalized spacial score (nSPS) is 21.8. The van der Waals surface area contributed by atoms with Crippen molar-refractivity contribution in [3.63, 3.8) is 0 Å². The molecule has 2 aromatic heterocycles. The molecule has 0 saturated heterocycles. The highest BCUT2D eigenvalue weighted by molar-refractivity contribution is 7.90. The lowest BCUT2D eigenvalue weighted by molar-refractivity contribution is -0.120. The van der Waals surface area contributed by atoms with Crippen LogP contribution in [0.3, 0.4) is 0 Å². The Morgan fingerprint density at radius 2 is 1.68 bits per heavy atom. The molecule has 6 rings (SSSR count). The number of carbonyl (C=O) groups is 2. The summed E-state index contributed by atoms with van der Waals surface area (Å²) in [5.74, 6) is -0.322. The average Bonchev–Trinajstić information content (AvgIpc) is 3.74. The predicted molar refractivity (Wildman–Crippen MR) is 136 cm³/mol. The van der Waals surface area contributed by atoms with Crippen LogP contribution in [0.4, 0.5) is 17.3 Å². The molecule has 0 atom stereocenters. The van der Waals surface area contributed by atoms with Crippen LogP contribution in [0.25, 0.3) is 0 Å². The van der Waals surface area contributed by atoms with Crippen molar-refractivity contribution < 1.29 is 18.0 Å². The minimum atomic E-state index is -3.31. The van der Waals surface area contributed by atoms with Gasteiger partial charge in [-0.1, -0.05) is 0 Å². The van der Waals surface area contributed by atoms with E-state index < -0.39 is 26.8 Å². The maximum Gasteiger partial charge on any atom is 0.276 e. The van der Waals surface area contributed by atoms with Crippen molar-refractivity contribution in [3.8, 4) is 0 Å². The number of fused-ring (bicyclic) bond motifs is 2. The third-order valence-corrected chi connectivity index (χ3v) is 9.60. The van der Waals surface area contributed by atoms with E-state index in [0.717, 1.165) is 31.9 Å². The molecule has 0 aromatic carbocycles. The lowest BCUT2D eigenvalue weighted by Crippen LogP contribution is -2.50. The molecule has 196 valence electrons. The lowest BCUT2D eigenvalue weighted by atomic mass is 9.79. The summed E-state index contributed by atoms with van der Waals surface area (Å²) in [5, 5.41) is 8.86. The summed E-state index contributed by atoms with van der Waals surface area (Å²) in [6.45, 7) is 1.81. The van der Waals surface area contributed by atoms with Gasteiger partial charge in [0.2, 0.25) is 5.91 Å². The fraction of sp³-hybridized carbons (Fsp3) is 0.560. The standard InChI is InChI=1S/C25H30N6O5S/c1-15-11-16(21(33)31-19(15)20(32)30-25(31)9-5-23(3-4-23)6-10-25)28-17-12-18(27-14-26-17)29-22(34)24(7-8-24)13-37(2,35)36/h11-12,14H,3-10,13H2,1-2H3,(H,30,32)(H2,26,27,28,29,34). The average molecular weight is 527 g/mol. The molecule has 1 aliphatic heterocycles. The Bertz CT molecular complexity index is 1500. The van der Waals surface area contributed by atoms with Crippen LogP contribution in [0.2, 0.25) is 0 Å². The molecule has 3 saturated carbocycles. The number of anilines is 3. The van der Waals surface area contributed by atoms with Crippen molar-refractivity contribution in [2.75, 3.05) is 22.6 Å². The van der Waals surface area contributed by atoms with Crippen molar-refractivity contribution in [3.05, 3.63) is 40.1 Å². The zero-order valence-electron chi connectivity index (χ0n) is 20.9. The Hall–Kier alpha value is -3.28. The minimum Gasteiger partial charge on any atom is -0.336 e. The molecule has 3 fully saturated rings. The van der Waals surface area contributed by atoms with Crippen LogP contribution in [0, 0.1) is 17.8 Å². The number of carbonyl (C=O) groups excluding carboxylic acids is 2. The Balaban J connectivity index is 1.26. The van der Waals surface area contributed by atoms with Gasteiger partial charge in [-0.25, -0.2) is 18.4 Å². The van der Waals surface area contributed by atoms with Gasteiger partial charge >= 0.3 is 0 Å². The minimum absolute atomic E-state index is 0.204.